The summed E-state index contributed by atoms with van der Waals surface area (Å²) in [5, 5.41) is 0. The third-order valence-corrected chi connectivity index (χ3v) is 7.32. The number of benzene rings is 2. The number of sulfonamides is 1. The van der Waals surface area contributed by atoms with Crippen LogP contribution in [0, 0.1) is 19.8 Å². The average molecular weight is 473 g/mol. The molecular formula is C25H32N2O5S. The van der Waals surface area contributed by atoms with E-state index >= 15 is 0 Å². The molecule has 1 aliphatic heterocycles. The van der Waals surface area contributed by atoms with Gasteiger partial charge < -0.3 is 9.64 Å². The number of piperidine rings is 1. The van der Waals surface area contributed by atoms with Crippen LogP contribution in [0.3, 0.4) is 0 Å². The Balaban J connectivity index is 1.52. The number of amides is 1. The van der Waals surface area contributed by atoms with E-state index in [1.54, 1.807) is 36.1 Å². The summed E-state index contributed by atoms with van der Waals surface area (Å²) in [5.74, 6) is -0.492. The van der Waals surface area contributed by atoms with E-state index in [1.807, 2.05) is 32.0 Å². The van der Waals surface area contributed by atoms with Crippen LogP contribution in [-0.4, -0.2) is 44.9 Å². The van der Waals surface area contributed by atoms with E-state index in [9.17, 15) is 18.0 Å². The summed E-state index contributed by atoms with van der Waals surface area (Å²) in [6.45, 7) is 7.30. The molecule has 7 nitrogen and oxygen atoms in total. The van der Waals surface area contributed by atoms with E-state index < -0.39 is 10.0 Å². The van der Waals surface area contributed by atoms with Gasteiger partial charge in [0.2, 0.25) is 10.0 Å². The van der Waals surface area contributed by atoms with Crippen LogP contribution in [0.15, 0.2) is 42.5 Å². The first kappa shape index (κ1) is 24.9. The Kier molecular flexibility index (Phi) is 8.26. The molecule has 1 amide bonds. The van der Waals surface area contributed by atoms with Gasteiger partial charge in [0.15, 0.2) is 0 Å². The Bertz CT molecular complexity index is 1090. The van der Waals surface area contributed by atoms with Gasteiger partial charge in [0.25, 0.3) is 5.91 Å². The molecule has 2 aromatic rings. The van der Waals surface area contributed by atoms with Crippen LogP contribution < -0.4 is 4.72 Å². The summed E-state index contributed by atoms with van der Waals surface area (Å²) in [6, 6.07) is 12.6. The van der Waals surface area contributed by atoms with Crippen molar-refractivity contribution in [3.63, 3.8) is 0 Å². The zero-order valence-corrected chi connectivity index (χ0v) is 20.3. The average Bonchev–Trinajstić information content (AvgIpc) is 2.80. The van der Waals surface area contributed by atoms with Crippen molar-refractivity contribution >= 4 is 21.9 Å². The topological polar surface area (TPSA) is 92.8 Å². The Morgan fingerprint density at radius 2 is 1.64 bits per heavy atom. The summed E-state index contributed by atoms with van der Waals surface area (Å²) in [5.41, 5.74) is 4.26. The number of aryl methyl sites for hydroxylation is 2. The summed E-state index contributed by atoms with van der Waals surface area (Å²) < 4.78 is 32.6. The predicted octanol–water partition coefficient (Wildman–Crippen LogP) is 3.34. The Labute approximate surface area is 196 Å². The number of hydrogen-bond donors (Lipinski definition) is 1. The number of carbonyl (C=O) groups excluding carboxylic acids is 2. The highest BCUT2D eigenvalue weighted by Gasteiger charge is 2.28. The number of likely N-dealkylation sites (tertiary alicyclic amines) is 1. The van der Waals surface area contributed by atoms with Crippen molar-refractivity contribution in [1.82, 2.24) is 9.62 Å². The van der Waals surface area contributed by atoms with E-state index in [-0.39, 0.29) is 30.1 Å². The van der Waals surface area contributed by atoms with Crippen LogP contribution in [0.25, 0.3) is 0 Å². The Morgan fingerprint density at radius 1 is 1.00 bits per heavy atom. The van der Waals surface area contributed by atoms with Gasteiger partial charge in [-0.3, -0.25) is 9.59 Å². The fourth-order valence-corrected chi connectivity index (χ4v) is 4.99. The first-order valence-electron chi connectivity index (χ1n) is 11.3. The van der Waals surface area contributed by atoms with Crippen molar-refractivity contribution < 1.29 is 22.7 Å². The van der Waals surface area contributed by atoms with Crippen LogP contribution in [0.4, 0.5) is 0 Å². The summed E-state index contributed by atoms with van der Waals surface area (Å²) in [6.07, 6.45) is 1.20. The second kappa shape index (κ2) is 10.9. The minimum atomic E-state index is -3.49. The maximum Gasteiger partial charge on any atom is 0.309 e. The smallest absolute Gasteiger partial charge is 0.309 e. The quantitative estimate of drug-likeness (QED) is 0.595. The largest absolute Gasteiger partial charge is 0.466 e. The van der Waals surface area contributed by atoms with E-state index in [1.165, 1.54) is 0 Å². The van der Waals surface area contributed by atoms with Crippen molar-refractivity contribution in [2.45, 2.75) is 45.9 Å². The Hall–Kier alpha value is -2.71. The lowest BCUT2D eigenvalue weighted by Gasteiger charge is -2.31. The van der Waals surface area contributed by atoms with Gasteiger partial charge in [0, 0.05) is 25.2 Å². The van der Waals surface area contributed by atoms with Crippen molar-refractivity contribution in [1.29, 1.82) is 0 Å². The lowest BCUT2D eigenvalue weighted by atomic mass is 9.96. The summed E-state index contributed by atoms with van der Waals surface area (Å²) in [4.78, 5) is 26.4. The molecule has 178 valence electrons. The number of nitrogens with one attached hydrogen (secondary N) is 1. The van der Waals surface area contributed by atoms with Gasteiger partial charge in [-0.25, -0.2) is 13.1 Å². The minimum Gasteiger partial charge on any atom is -0.466 e. The molecule has 1 saturated heterocycles. The van der Waals surface area contributed by atoms with E-state index in [4.69, 9.17) is 4.74 Å². The third-order valence-electron chi connectivity index (χ3n) is 6.03. The van der Waals surface area contributed by atoms with Gasteiger partial charge in [-0.15, -0.1) is 0 Å². The van der Waals surface area contributed by atoms with E-state index in [2.05, 4.69) is 4.72 Å². The molecule has 8 heteroatoms. The lowest BCUT2D eigenvalue weighted by Crippen LogP contribution is -2.40. The molecule has 0 radical (unpaired) electrons. The minimum absolute atomic E-state index is 0.0769. The molecule has 0 unspecified atom stereocenters. The van der Waals surface area contributed by atoms with Gasteiger partial charge in [-0.2, -0.15) is 0 Å². The van der Waals surface area contributed by atoms with Crippen molar-refractivity contribution in [2.75, 3.05) is 19.7 Å². The molecule has 0 spiro atoms. The number of rotatable bonds is 8. The van der Waals surface area contributed by atoms with Crippen molar-refractivity contribution in [3.05, 3.63) is 70.3 Å². The first-order valence-corrected chi connectivity index (χ1v) is 12.9. The van der Waals surface area contributed by atoms with Crippen LogP contribution >= 0.6 is 0 Å². The van der Waals surface area contributed by atoms with Crippen molar-refractivity contribution in [2.24, 2.45) is 5.92 Å². The second-order valence-corrected chi connectivity index (χ2v) is 10.3. The SMILES string of the molecule is CCOC(=O)C1CCN(C(=O)c2ccc(CNS(=O)(=O)Cc3ccc(C)c(C)c3)cc2)CC1. The molecule has 0 aliphatic carbocycles. The molecule has 3 rings (SSSR count). The molecule has 1 heterocycles. The molecule has 1 aliphatic rings. The predicted molar refractivity (Wildman–Crippen MR) is 127 cm³/mol. The molecule has 0 atom stereocenters. The highest BCUT2D eigenvalue weighted by atomic mass is 32.2. The molecule has 1 N–H and O–H groups in total. The molecule has 0 saturated carbocycles. The Morgan fingerprint density at radius 3 is 2.24 bits per heavy atom. The first-order chi connectivity index (χ1) is 15.7. The zero-order chi connectivity index (χ0) is 24.0. The van der Waals surface area contributed by atoms with Gasteiger partial charge in [0.1, 0.15) is 0 Å². The zero-order valence-electron chi connectivity index (χ0n) is 19.5. The van der Waals surface area contributed by atoms with Gasteiger partial charge >= 0.3 is 5.97 Å². The number of carbonyl (C=O) groups is 2. The maximum atomic E-state index is 12.8. The highest BCUT2D eigenvalue weighted by molar-refractivity contribution is 7.88. The number of esters is 1. The lowest BCUT2D eigenvalue weighted by molar-refractivity contribution is -0.149. The fourth-order valence-electron chi connectivity index (χ4n) is 3.88. The molecule has 0 bridgehead atoms. The van der Waals surface area contributed by atoms with Crippen LogP contribution in [0.2, 0.25) is 0 Å². The second-order valence-electron chi connectivity index (χ2n) is 8.51. The van der Waals surface area contributed by atoms with Crippen LogP contribution in [-0.2, 0) is 31.9 Å². The number of ether oxygens (including phenoxy) is 1. The van der Waals surface area contributed by atoms with Crippen molar-refractivity contribution in [3.8, 4) is 0 Å². The molecule has 0 aromatic heterocycles. The van der Waals surface area contributed by atoms with Gasteiger partial charge in [-0.05, 0) is 68.0 Å². The summed E-state index contributed by atoms with van der Waals surface area (Å²) in [7, 11) is -3.49. The van der Waals surface area contributed by atoms with Crippen LogP contribution in [0.1, 0.15) is 52.4 Å². The molecule has 1 fully saturated rings. The monoisotopic (exact) mass is 472 g/mol. The fraction of sp³-hybridized carbons (Fsp3) is 0.440. The number of hydrogen-bond acceptors (Lipinski definition) is 5. The van der Waals surface area contributed by atoms with Gasteiger partial charge in [0.05, 0.1) is 18.3 Å². The third kappa shape index (κ3) is 6.88. The van der Waals surface area contributed by atoms with E-state index in [0.717, 1.165) is 22.3 Å². The van der Waals surface area contributed by atoms with Crippen LogP contribution in [0.5, 0.6) is 0 Å². The standard InChI is InChI=1S/C25H32N2O5S/c1-4-32-25(29)23-11-13-27(14-12-23)24(28)22-9-7-20(8-10-22)16-26-33(30,31)17-21-6-5-18(2)19(3)15-21/h5-10,15,23,26H,4,11-14,16-17H2,1-3H3. The molecular weight excluding hydrogens is 440 g/mol. The normalized spacial score (nSPS) is 14.8. The maximum absolute atomic E-state index is 12.8. The van der Waals surface area contributed by atoms with Gasteiger partial charge in [-0.1, -0.05) is 30.3 Å². The molecule has 2 aromatic carbocycles. The highest BCUT2D eigenvalue weighted by Crippen LogP contribution is 2.21. The van der Waals surface area contributed by atoms with E-state index in [0.29, 0.717) is 38.1 Å². The summed E-state index contributed by atoms with van der Waals surface area (Å²) >= 11 is 0. The number of nitrogens with zero attached hydrogens (tertiary/aromatic N) is 1. The molecule has 33 heavy (non-hydrogen) atoms.